The lowest BCUT2D eigenvalue weighted by Crippen LogP contribution is -3.10. The van der Waals surface area contributed by atoms with Crippen LogP contribution >= 0.6 is 0 Å². The number of carbonyl (C=O) groups excluding carboxylic acids is 1. The molecular formula is C24H33N2O+. The van der Waals surface area contributed by atoms with E-state index in [1.54, 1.807) is 4.90 Å². The molecule has 1 aliphatic rings. The first kappa shape index (κ1) is 19.6. The summed E-state index contributed by atoms with van der Waals surface area (Å²) in [6.45, 7) is 11.9. The van der Waals surface area contributed by atoms with E-state index in [2.05, 4.69) is 69.4 Å². The van der Waals surface area contributed by atoms with Crippen LogP contribution in [0.15, 0.2) is 48.5 Å². The van der Waals surface area contributed by atoms with Gasteiger partial charge in [0.05, 0.1) is 6.54 Å². The van der Waals surface area contributed by atoms with Crippen LogP contribution < -0.4 is 10.2 Å². The lowest BCUT2D eigenvalue weighted by Gasteiger charge is -2.26. The summed E-state index contributed by atoms with van der Waals surface area (Å²) >= 11 is 0. The van der Waals surface area contributed by atoms with Crippen molar-refractivity contribution in [1.29, 1.82) is 0 Å². The third-order valence-electron chi connectivity index (χ3n) is 5.71. The molecule has 0 bridgehead atoms. The van der Waals surface area contributed by atoms with Gasteiger partial charge < -0.3 is 10.2 Å². The van der Waals surface area contributed by atoms with Gasteiger partial charge in [0.2, 0.25) is 0 Å². The van der Waals surface area contributed by atoms with Crippen molar-refractivity contribution in [2.75, 3.05) is 6.54 Å². The van der Waals surface area contributed by atoms with Gasteiger partial charge in [-0.2, -0.15) is 0 Å². The van der Waals surface area contributed by atoms with E-state index in [-0.39, 0.29) is 11.9 Å². The third kappa shape index (κ3) is 4.98. The molecule has 0 fully saturated rings. The molecule has 2 aromatic rings. The Labute approximate surface area is 163 Å². The molecule has 0 aliphatic carbocycles. The van der Waals surface area contributed by atoms with Crippen molar-refractivity contribution >= 4 is 5.91 Å². The second-order valence-electron chi connectivity index (χ2n) is 8.56. The van der Waals surface area contributed by atoms with Gasteiger partial charge in [-0.3, -0.25) is 4.79 Å². The van der Waals surface area contributed by atoms with Crippen molar-refractivity contribution in [2.45, 2.75) is 53.2 Å². The molecular weight excluding hydrogens is 332 g/mol. The molecule has 1 aliphatic heterocycles. The fourth-order valence-electron chi connectivity index (χ4n) is 4.19. The van der Waals surface area contributed by atoms with Gasteiger partial charge in [-0.25, -0.2) is 0 Å². The summed E-state index contributed by atoms with van der Waals surface area (Å²) in [6, 6.07) is 17.1. The standard InChI is InChI=1S/C24H32N2O/c1-17(2)23(18(3)4)25-24(27)21-11-9-19(10-12-21)15-26-14-13-20-7-5-6-8-22(20)16-26/h5-12,17-18,23H,13-16H2,1-4H3,(H,25,27)/p+1. The summed E-state index contributed by atoms with van der Waals surface area (Å²) in [7, 11) is 0. The first-order chi connectivity index (χ1) is 12.9. The van der Waals surface area contributed by atoms with E-state index in [1.165, 1.54) is 23.2 Å². The summed E-state index contributed by atoms with van der Waals surface area (Å²) < 4.78 is 0. The third-order valence-corrected chi connectivity index (χ3v) is 5.71. The Morgan fingerprint density at radius 3 is 2.22 bits per heavy atom. The zero-order chi connectivity index (χ0) is 19.4. The number of carbonyl (C=O) groups is 1. The van der Waals surface area contributed by atoms with Crippen LogP contribution in [0.2, 0.25) is 0 Å². The molecule has 1 heterocycles. The highest BCUT2D eigenvalue weighted by Crippen LogP contribution is 2.14. The normalized spacial score (nSPS) is 16.6. The molecule has 0 saturated heterocycles. The van der Waals surface area contributed by atoms with E-state index in [9.17, 15) is 4.79 Å². The minimum absolute atomic E-state index is 0.0354. The Balaban J connectivity index is 1.60. The van der Waals surface area contributed by atoms with Crippen LogP contribution in [0.4, 0.5) is 0 Å². The molecule has 2 N–H and O–H groups in total. The number of nitrogens with one attached hydrogen (secondary N) is 2. The Morgan fingerprint density at radius 1 is 0.963 bits per heavy atom. The van der Waals surface area contributed by atoms with Gasteiger partial charge in [0.15, 0.2) is 0 Å². The molecule has 2 aromatic carbocycles. The number of benzene rings is 2. The number of quaternary nitrogens is 1. The lowest BCUT2D eigenvalue weighted by molar-refractivity contribution is -0.929. The minimum atomic E-state index is 0.0354. The largest absolute Gasteiger partial charge is 0.349 e. The second-order valence-corrected chi connectivity index (χ2v) is 8.56. The van der Waals surface area contributed by atoms with E-state index in [0.29, 0.717) is 11.8 Å². The van der Waals surface area contributed by atoms with E-state index in [1.807, 2.05) is 12.1 Å². The van der Waals surface area contributed by atoms with E-state index in [0.717, 1.165) is 25.1 Å². The second kappa shape index (κ2) is 8.71. The Morgan fingerprint density at radius 2 is 1.59 bits per heavy atom. The SMILES string of the molecule is CC(C)C(NC(=O)c1ccc(C[NH+]2CCc3ccccc3C2)cc1)C(C)C. The quantitative estimate of drug-likeness (QED) is 0.810. The van der Waals surface area contributed by atoms with Crippen LogP contribution in [-0.4, -0.2) is 18.5 Å². The zero-order valence-electron chi connectivity index (χ0n) is 17.1. The molecule has 0 aromatic heterocycles. The van der Waals surface area contributed by atoms with Crippen molar-refractivity contribution in [3.8, 4) is 0 Å². The van der Waals surface area contributed by atoms with Gasteiger partial charge in [-0.15, -0.1) is 0 Å². The fourth-order valence-corrected chi connectivity index (χ4v) is 4.19. The average molecular weight is 366 g/mol. The number of fused-ring (bicyclic) bond motifs is 1. The van der Waals surface area contributed by atoms with Crippen molar-refractivity contribution in [1.82, 2.24) is 5.32 Å². The highest BCUT2D eigenvalue weighted by molar-refractivity contribution is 5.94. The smallest absolute Gasteiger partial charge is 0.251 e. The summed E-state index contributed by atoms with van der Waals surface area (Å²) in [5, 5.41) is 3.20. The van der Waals surface area contributed by atoms with Crippen molar-refractivity contribution in [3.63, 3.8) is 0 Å². The van der Waals surface area contributed by atoms with Crippen LogP contribution in [0.25, 0.3) is 0 Å². The van der Waals surface area contributed by atoms with E-state index in [4.69, 9.17) is 0 Å². The molecule has 1 amide bonds. The zero-order valence-corrected chi connectivity index (χ0v) is 17.1. The maximum absolute atomic E-state index is 12.6. The van der Waals surface area contributed by atoms with Gasteiger partial charge in [-0.05, 0) is 29.5 Å². The van der Waals surface area contributed by atoms with Crippen LogP contribution in [0.5, 0.6) is 0 Å². The maximum atomic E-state index is 12.6. The average Bonchev–Trinajstić information content (AvgIpc) is 2.66. The fraction of sp³-hybridized carbons (Fsp3) is 0.458. The molecule has 3 rings (SSSR count). The molecule has 0 radical (unpaired) electrons. The van der Waals surface area contributed by atoms with Crippen molar-refractivity contribution in [2.24, 2.45) is 11.8 Å². The lowest BCUT2D eigenvalue weighted by atomic mass is 9.93. The molecule has 27 heavy (non-hydrogen) atoms. The number of hydrogen-bond acceptors (Lipinski definition) is 1. The Bertz CT molecular complexity index is 756. The first-order valence-electron chi connectivity index (χ1n) is 10.2. The highest BCUT2D eigenvalue weighted by atomic mass is 16.1. The van der Waals surface area contributed by atoms with Gasteiger partial charge in [-0.1, -0.05) is 64.1 Å². The monoisotopic (exact) mass is 365 g/mol. The predicted molar refractivity (Wildman–Crippen MR) is 111 cm³/mol. The molecule has 1 unspecified atom stereocenters. The van der Waals surface area contributed by atoms with Crippen LogP contribution in [0.3, 0.4) is 0 Å². The van der Waals surface area contributed by atoms with Gasteiger partial charge in [0.25, 0.3) is 5.91 Å². The molecule has 3 heteroatoms. The summed E-state index contributed by atoms with van der Waals surface area (Å²) in [4.78, 5) is 14.2. The van der Waals surface area contributed by atoms with Crippen LogP contribution in [0, 0.1) is 11.8 Å². The van der Waals surface area contributed by atoms with E-state index >= 15 is 0 Å². The molecule has 0 spiro atoms. The Kier molecular flexibility index (Phi) is 6.33. The van der Waals surface area contributed by atoms with Gasteiger partial charge >= 0.3 is 0 Å². The van der Waals surface area contributed by atoms with Crippen molar-refractivity contribution < 1.29 is 9.69 Å². The number of rotatable bonds is 6. The molecule has 144 valence electrons. The Hall–Kier alpha value is -2.13. The maximum Gasteiger partial charge on any atom is 0.251 e. The highest BCUT2D eigenvalue weighted by Gasteiger charge is 2.21. The number of hydrogen-bond donors (Lipinski definition) is 2. The summed E-state index contributed by atoms with van der Waals surface area (Å²) in [5.41, 5.74) is 5.02. The van der Waals surface area contributed by atoms with E-state index < -0.39 is 0 Å². The molecule has 3 nitrogen and oxygen atoms in total. The summed E-state index contributed by atoms with van der Waals surface area (Å²) in [5.74, 6) is 0.894. The first-order valence-corrected chi connectivity index (χ1v) is 10.2. The molecule has 0 saturated carbocycles. The predicted octanol–water partition coefficient (Wildman–Crippen LogP) is 3.24. The van der Waals surface area contributed by atoms with Crippen LogP contribution in [0.1, 0.15) is 54.7 Å². The topological polar surface area (TPSA) is 33.5 Å². The van der Waals surface area contributed by atoms with Gasteiger partial charge in [0.1, 0.15) is 13.1 Å². The number of amides is 1. The minimum Gasteiger partial charge on any atom is -0.349 e. The molecule has 1 atom stereocenters. The van der Waals surface area contributed by atoms with Crippen molar-refractivity contribution in [3.05, 3.63) is 70.8 Å². The van der Waals surface area contributed by atoms with Gasteiger partial charge in [0, 0.05) is 29.2 Å². The summed E-state index contributed by atoms with van der Waals surface area (Å²) in [6.07, 6.45) is 1.15. The van der Waals surface area contributed by atoms with Crippen LogP contribution in [-0.2, 0) is 19.5 Å².